The first-order chi connectivity index (χ1) is 3.72. The molecule has 8 heavy (non-hydrogen) atoms. The highest BCUT2D eigenvalue weighted by Crippen LogP contribution is 1.94. The molecule has 0 aromatic carbocycles. The summed E-state index contributed by atoms with van der Waals surface area (Å²) < 4.78 is 0. The molecule has 0 aliphatic heterocycles. The third kappa shape index (κ3) is 1.89. The predicted octanol–water partition coefficient (Wildman–Crippen LogP) is 0.808. The highest BCUT2D eigenvalue weighted by atomic mass is 16.3. The summed E-state index contributed by atoms with van der Waals surface area (Å²) >= 11 is 0. The number of ketones is 1. The van der Waals surface area contributed by atoms with Crippen LogP contribution in [0.3, 0.4) is 0 Å². The number of carbonyl (C=O) groups excluding carboxylic acids is 1. The lowest BCUT2D eigenvalue weighted by Gasteiger charge is -1.97. The van der Waals surface area contributed by atoms with Crippen LogP contribution in [0.1, 0.15) is 6.92 Å². The van der Waals surface area contributed by atoms with Crippen molar-refractivity contribution in [1.82, 2.24) is 0 Å². The van der Waals surface area contributed by atoms with Crippen molar-refractivity contribution >= 4 is 5.78 Å². The third-order valence-corrected chi connectivity index (χ3v) is 0.937. The van der Waals surface area contributed by atoms with Crippen LogP contribution in [-0.4, -0.2) is 12.4 Å². The van der Waals surface area contributed by atoms with Gasteiger partial charge in [0.2, 0.25) is 0 Å². The lowest BCUT2D eigenvalue weighted by molar-refractivity contribution is -0.119. The SMILES string of the molecule is C=CC(=O)C(C)C[O]. The number of hydrogen-bond donors (Lipinski definition) is 0. The number of rotatable bonds is 3. The van der Waals surface area contributed by atoms with Gasteiger partial charge in [-0.05, 0) is 6.08 Å². The van der Waals surface area contributed by atoms with Crippen molar-refractivity contribution in [1.29, 1.82) is 0 Å². The molecule has 1 radical (unpaired) electrons. The van der Waals surface area contributed by atoms with E-state index >= 15 is 0 Å². The van der Waals surface area contributed by atoms with Crippen molar-refractivity contribution in [3.63, 3.8) is 0 Å². The van der Waals surface area contributed by atoms with Crippen LogP contribution in [0.2, 0.25) is 0 Å². The van der Waals surface area contributed by atoms with Crippen molar-refractivity contribution in [2.24, 2.45) is 5.92 Å². The van der Waals surface area contributed by atoms with Gasteiger partial charge in [0.05, 0.1) is 6.61 Å². The molecule has 0 aliphatic carbocycles. The average Bonchev–Trinajstić information content (AvgIpc) is 1.84. The molecule has 0 spiro atoms. The van der Waals surface area contributed by atoms with Gasteiger partial charge < -0.3 is 0 Å². The molecule has 0 aromatic heterocycles. The van der Waals surface area contributed by atoms with E-state index in [0.717, 1.165) is 0 Å². The highest BCUT2D eigenvalue weighted by molar-refractivity contribution is 5.90. The van der Waals surface area contributed by atoms with E-state index in [4.69, 9.17) is 0 Å². The maximum atomic E-state index is 10.4. The summed E-state index contributed by atoms with van der Waals surface area (Å²) in [6.45, 7) is 4.49. The molecule has 0 heterocycles. The molecule has 0 saturated heterocycles. The van der Waals surface area contributed by atoms with Gasteiger partial charge in [-0.1, -0.05) is 13.5 Å². The second-order valence-electron chi connectivity index (χ2n) is 1.67. The molecule has 0 saturated carbocycles. The van der Waals surface area contributed by atoms with Crippen LogP contribution in [0.25, 0.3) is 0 Å². The average molecular weight is 113 g/mol. The van der Waals surface area contributed by atoms with Gasteiger partial charge >= 0.3 is 0 Å². The topological polar surface area (TPSA) is 37.0 Å². The first-order valence-electron chi connectivity index (χ1n) is 2.46. The van der Waals surface area contributed by atoms with Crippen molar-refractivity contribution < 1.29 is 9.90 Å². The van der Waals surface area contributed by atoms with E-state index in [0.29, 0.717) is 0 Å². The van der Waals surface area contributed by atoms with E-state index in [9.17, 15) is 9.90 Å². The van der Waals surface area contributed by atoms with Gasteiger partial charge in [-0.25, -0.2) is 5.11 Å². The molecule has 45 valence electrons. The largest absolute Gasteiger partial charge is 0.294 e. The fourth-order valence-corrected chi connectivity index (χ4v) is 0.283. The van der Waals surface area contributed by atoms with E-state index < -0.39 is 5.92 Å². The quantitative estimate of drug-likeness (QED) is 0.499. The Labute approximate surface area is 48.8 Å². The zero-order valence-electron chi connectivity index (χ0n) is 4.89. The minimum Gasteiger partial charge on any atom is -0.294 e. The van der Waals surface area contributed by atoms with Crippen LogP contribution in [-0.2, 0) is 9.90 Å². The molecule has 0 rings (SSSR count). The van der Waals surface area contributed by atoms with Crippen LogP contribution < -0.4 is 0 Å². The summed E-state index contributed by atoms with van der Waals surface area (Å²) in [5.41, 5.74) is 0. The summed E-state index contributed by atoms with van der Waals surface area (Å²) in [4.78, 5) is 10.4. The molecule has 0 aliphatic rings. The van der Waals surface area contributed by atoms with Crippen LogP contribution in [0.5, 0.6) is 0 Å². The van der Waals surface area contributed by atoms with Gasteiger partial charge in [-0.3, -0.25) is 4.79 Å². The van der Waals surface area contributed by atoms with Crippen LogP contribution in [0.15, 0.2) is 12.7 Å². The number of carbonyl (C=O) groups is 1. The second-order valence-corrected chi connectivity index (χ2v) is 1.67. The van der Waals surface area contributed by atoms with Gasteiger partial charge in [0, 0.05) is 5.92 Å². The van der Waals surface area contributed by atoms with Crippen molar-refractivity contribution in [2.45, 2.75) is 6.92 Å². The fourth-order valence-electron chi connectivity index (χ4n) is 0.283. The molecule has 1 atom stereocenters. The third-order valence-electron chi connectivity index (χ3n) is 0.937. The Morgan fingerprint density at radius 1 is 1.88 bits per heavy atom. The number of hydrogen-bond acceptors (Lipinski definition) is 1. The lowest BCUT2D eigenvalue weighted by atomic mass is 10.1. The van der Waals surface area contributed by atoms with Gasteiger partial charge in [0.25, 0.3) is 0 Å². The zero-order chi connectivity index (χ0) is 6.57. The summed E-state index contributed by atoms with van der Waals surface area (Å²) in [5, 5.41) is 9.96. The lowest BCUT2D eigenvalue weighted by Crippen LogP contribution is -2.10. The molecule has 2 heteroatoms. The Bertz CT molecular complexity index is 96.7. The smallest absolute Gasteiger partial charge is 0.160 e. The Kier molecular flexibility index (Phi) is 3.12. The summed E-state index contributed by atoms with van der Waals surface area (Å²) in [7, 11) is 0. The first-order valence-corrected chi connectivity index (χ1v) is 2.46. The number of allylic oxidation sites excluding steroid dienone is 1. The molecular weight excluding hydrogens is 104 g/mol. The summed E-state index contributed by atoms with van der Waals surface area (Å²) in [6.07, 6.45) is 1.18. The maximum absolute atomic E-state index is 10.4. The van der Waals surface area contributed by atoms with Crippen molar-refractivity contribution in [3.05, 3.63) is 12.7 Å². The van der Waals surface area contributed by atoms with Gasteiger partial charge in [0.15, 0.2) is 5.78 Å². The minimum atomic E-state index is -0.396. The molecule has 0 fully saturated rings. The second kappa shape index (κ2) is 3.38. The highest BCUT2D eigenvalue weighted by Gasteiger charge is 2.06. The van der Waals surface area contributed by atoms with Gasteiger partial charge in [-0.2, -0.15) is 0 Å². The van der Waals surface area contributed by atoms with Gasteiger partial charge in [0.1, 0.15) is 0 Å². The fraction of sp³-hybridized carbons (Fsp3) is 0.500. The predicted molar refractivity (Wildman–Crippen MR) is 29.9 cm³/mol. The Hall–Kier alpha value is -0.630. The minimum absolute atomic E-state index is 0.167. The Balaban J connectivity index is 3.62. The molecule has 0 bridgehead atoms. The molecule has 2 nitrogen and oxygen atoms in total. The van der Waals surface area contributed by atoms with E-state index in [-0.39, 0.29) is 12.4 Å². The Morgan fingerprint density at radius 2 is 2.38 bits per heavy atom. The normalized spacial score (nSPS) is 12.8. The van der Waals surface area contributed by atoms with E-state index in [1.807, 2.05) is 0 Å². The van der Waals surface area contributed by atoms with E-state index in [2.05, 4.69) is 6.58 Å². The van der Waals surface area contributed by atoms with Crippen LogP contribution >= 0.6 is 0 Å². The molecule has 0 N–H and O–H groups in total. The Morgan fingerprint density at radius 3 is 2.50 bits per heavy atom. The van der Waals surface area contributed by atoms with E-state index in [1.54, 1.807) is 6.92 Å². The summed E-state index contributed by atoms with van der Waals surface area (Å²) in [5.74, 6) is -0.562. The van der Waals surface area contributed by atoms with Crippen LogP contribution in [0, 0.1) is 5.92 Å². The zero-order valence-corrected chi connectivity index (χ0v) is 4.89. The van der Waals surface area contributed by atoms with Crippen molar-refractivity contribution in [2.75, 3.05) is 6.61 Å². The van der Waals surface area contributed by atoms with E-state index in [1.165, 1.54) is 6.08 Å². The molecule has 0 aromatic rings. The monoisotopic (exact) mass is 113 g/mol. The maximum Gasteiger partial charge on any atom is 0.160 e. The van der Waals surface area contributed by atoms with Crippen LogP contribution in [0.4, 0.5) is 0 Å². The molecule has 1 unspecified atom stereocenters. The molecular formula is C6H9O2. The standard InChI is InChI=1S/C6H9O2/c1-3-6(8)5(2)4-7/h3,5H,1,4H2,2H3. The molecule has 0 amide bonds. The summed E-state index contributed by atoms with van der Waals surface area (Å²) in [6, 6.07) is 0. The van der Waals surface area contributed by atoms with Gasteiger partial charge in [-0.15, -0.1) is 0 Å². The van der Waals surface area contributed by atoms with Crippen molar-refractivity contribution in [3.8, 4) is 0 Å². The first kappa shape index (κ1) is 7.37.